The minimum Gasteiger partial charge on any atom is -0.0807 e. The van der Waals surface area contributed by atoms with E-state index in [1.807, 2.05) is 13.8 Å². The molecule has 0 heterocycles. The minimum atomic E-state index is 1.27. The predicted octanol–water partition coefficient (Wildman–Crippen LogP) is 4.98. The van der Waals surface area contributed by atoms with Gasteiger partial charge in [0.15, 0.2) is 0 Å². The molecule has 0 aromatic heterocycles. The van der Waals surface area contributed by atoms with E-state index in [4.69, 9.17) is 0 Å². The Morgan fingerprint density at radius 1 is 1.07 bits per heavy atom. The fraction of sp³-hybridized carbons (Fsp3) is 0.467. The van der Waals surface area contributed by atoms with Crippen molar-refractivity contribution in [3.05, 3.63) is 41.5 Å². The van der Waals surface area contributed by atoms with Gasteiger partial charge in [-0.05, 0) is 43.7 Å². The van der Waals surface area contributed by atoms with Crippen LogP contribution in [0.1, 0.15) is 50.7 Å². The molecule has 0 heteroatoms. The van der Waals surface area contributed by atoms with Crippen molar-refractivity contribution >= 4 is 5.57 Å². The molecule has 0 unspecified atom stereocenters. The van der Waals surface area contributed by atoms with Crippen LogP contribution >= 0.6 is 0 Å². The Labute approximate surface area is 94.0 Å². The van der Waals surface area contributed by atoms with Crippen molar-refractivity contribution in [2.24, 2.45) is 0 Å². The highest BCUT2D eigenvalue weighted by Crippen LogP contribution is 2.26. The zero-order chi connectivity index (χ0) is 11.1. The lowest BCUT2D eigenvalue weighted by Crippen LogP contribution is -1.91. The molecule has 0 N–H and O–H groups in total. The number of allylic oxidation sites excluding steroid dienone is 2. The average molecular weight is 202 g/mol. The third kappa shape index (κ3) is 3.54. The lowest BCUT2D eigenvalue weighted by atomic mass is 9.93. The minimum absolute atomic E-state index is 1.27. The first kappa shape index (κ1) is 12.0. The van der Waals surface area contributed by atoms with Crippen LogP contribution in [-0.2, 0) is 0 Å². The molecule has 0 atom stereocenters. The van der Waals surface area contributed by atoms with Crippen molar-refractivity contribution in [2.75, 3.05) is 0 Å². The Morgan fingerprint density at radius 3 is 2.47 bits per heavy atom. The Kier molecular flexibility index (Phi) is 5.17. The largest absolute Gasteiger partial charge is 0.0807 e. The topological polar surface area (TPSA) is 0 Å². The van der Waals surface area contributed by atoms with Gasteiger partial charge in [-0.15, -0.1) is 0 Å². The monoisotopic (exact) mass is 202 g/mol. The van der Waals surface area contributed by atoms with E-state index in [1.165, 1.54) is 36.8 Å². The summed E-state index contributed by atoms with van der Waals surface area (Å²) in [7, 11) is 0. The molecule has 1 aromatic carbocycles. The summed E-state index contributed by atoms with van der Waals surface area (Å²) in [6.45, 7) is 6.16. The molecule has 1 aliphatic rings. The van der Waals surface area contributed by atoms with Crippen molar-refractivity contribution in [3.8, 4) is 0 Å². The zero-order valence-electron chi connectivity index (χ0n) is 10.2. The number of benzene rings is 1. The maximum Gasteiger partial charge on any atom is -0.0225 e. The summed E-state index contributed by atoms with van der Waals surface area (Å²) in [5, 5.41) is 0. The molecule has 0 radical (unpaired) electrons. The van der Waals surface area contributed by atoms with E-state index in [0.717, 1.165) is 0 Å². The molecule has 0 fully saturated rings. The summed E-state index contributed by atoms with van der Waals surface area (Å²) in [6.07, 6.45) is 7.67. The van der Waals surface area contributed by atoms with Crippen LogP contribution in [0, 0.1) is 6.92 Å². The van der Waals surface area contributed by atoms with Gasteiger partial charge in [0.25, 0.3) is 0 Å². The number of rotatable bonds is 1. The molecular weight excluding hydrogens is 180 g/mol. The van der Waals surface area contributed by atoms with Gasteiger partial charge < -0.3 is 0 Å². The Balaban J connectivity index is 0.000000531. The highest BCUT2D eigenvalue weighted by Gasteiger charge is 2.05. The molecule has 15 heavy (non-hydrogen) atoms. The SMILES string of the molecule is CC.Cc1cccc(C2=CCCCC2)c1. The van der Waals surface area contributed by atoms with Crippen LogP contribution in [0.25, 0.3) is 5.57 Å². The fourth-order valence-corrected chi connectivity index (χ4v) is 1.95. The molecule has 1 aromatic rings. The van der Waals surface area contributed by atoms with Crippen molar-refractivity contribution < 1.29 is 0 Å². The van der Waals surface area contributed by atoms with Gasteiger partial charge in [0, 0.05) is 0 Å². The smallest absolute Gasteiger partial charge is 0.0225 e. The van der Waals surface area contributed by atoms with Gasteiger partial charge in [0.05, 0.1) is 0 Å². The molecule has 0 spiro atoms. The number of hydrogen-bond acceptors (Lipinski definition) is 0. The average Bonchev–Trinajstić information content (AvgIpc) is 2.33. The summed E-state index contributed by atoms with van der Waals surface area (Å²) >= 11 is 0. The Morgan fingerprint density at radius 2 is 1.87 bits per heavy atom. The molecule has 1 aliphatic carbocycles. The molecule has 0 saturated carbocycles. The third-order valence-electron chi connectivity index (χ3n) is 2.68. The van der Waals surface area contributed by atoms with E-state index in [-0.39, 0.29) is 0 Å². The van der Waals surface area contributed by atoms with Crippen molar-refractivity contribution in [1.29, 1.82) is 0 Å². The maximum absolute atomic E-state index is 2.40. The quantitative estimate of drug-likeness (QED) is 0.602. The lowest BCUT2D eigenvalue weighted by molar-refractivity contribution is 0.742. The maximum atomic E-state index is 2.40. The first-order valence-corrected chi connectivity index (χ1v) is 6.12. The third-order valence-corrected chi connectivity index (χ3v) is 2.68. The summed E-state index contributed by atoms with van der Waals surface area (Å²) in [6, 6.07) is 8.83. The van der Waals surface area contributed by atoms with Gasteiger partial charge in [0.2, 0.25) is 0 Å². The van der Waals surface area contributed by atoms with Crippen molar-refractivity contribution in [3.63, 3.8) is 0 Å². The zero-order valence-corrected chi connectivity index (χ0v) is 10.2. The Hall–Kier alpha value is -1.04. The van der Waals surface area contributed by atoms with Crippen LogP contribution in [-0.4, -0.2) is 0 Å². The van der Waals surface area contributed by atoms with E-state index in [9.17, 15) is 0 Å². The standard InChI is InChI=1S/C13H16.C2H6/c1-11-6-5-9-13(10-11)12-7-3-2-4-8-12;1-2/h5-7,9-10H,2-4,8H2,1H3;1-2H3. The second-order valence-electron chi connectivity index (χ2n) is 3.84. The van der Waals surface area contributed by atoms with Gasteiger partial charge >= 0.3 is 0 Å². The van der Waals surface area contributed by atoms with Crippen LogP contribution in [0.3, 0.4) is 0 Å². The van der Waals surface area contributed by atoms with E-state index in [0.29, 0.717) is 0 Å². The van der Waals surface area contributed by atoms with E-state index >= 15 is 0 Å². The fourth-order valence-electron chi connectivity index (χ4n) is 1.95. The molecule has 2 rings (SSSR count). The Bertz CT molecular complexity index is 321. The van der Waals surface area contributed by atoms with Crippen LogP contribution < -0.4 is 0 Å². The molecule has 82 valence electrons. The molecule has 0 saturated heterocycles. The van der Waals surface area contributed by atoms with Crippen LogP contribution in [0.2, 0.25) is 0 Å². The molecule has 0 aliphatic heterocycles. The summed E-state index contributed by atoms with van der Waals surface area (Å²) in [5.41, 5.74) is 4.35. The summed E-state index contributed by atoms with van der Waals surface area (Å²) in [5.74, 6) is 0. The van der Waals surface area contributed by atoms with Crippen LogP contribution in [0.15, 0.2) is 30.3 Å². The number of hydrogen-bond donors (Lipinski definition) is 0. The normalized spacial score (nSPS) is 15.0. The van der Waals surface area contributed by atoms with Crippen molar-refractivity contribution in [2.45, 2.75) is 46.5 Å². The van der Waals surface area contributed by atoms with Gasteiger partial charge in [-0.2, -0.15) is 0 Å². The van der Waals surface area contributed by atoms with Crippen LogP contribution in [0.5, 0.6) is 0 Å². The predicted molar refractivity (Wildman–Crippen MR) is 69.0 cm³/mol. The first-order chi connectivity index (χ1) is 7.36. The summed E-state index contributed by atoms with van der Waals surface area (Å²) < 4.78 is 0. The second-order valence-corrected chi connectivity index (χ2v) is 3.84. The highest BCUT2D eigenvalue weighted by molar-refractivity contribution is 5.66. The molecule has 0 nitrogen and oxygen atoms in total. The van der Waals surface area contributed by atoms with E-state index < -0.39 is 0 Å². The summed E-state index contributed by atoms with van der Waals surface area (Å²) in [4.78, 5) is 0. The van der Waals surface area contributed by atoms with E-state index in [1.54, 1.807) is 5.57 Å². The number of aryl methyl sites for hydroxylation is 1. The van der Waals surface area contributed by atoms with Gasteiger partial charge in [0.1, 0.15) is 0 Å². The first-order valence-electron chi connectivity index (χ1n) is 6.12. The molecule has 0 amide bonds. The second kappa shape index (κ2) is 6.44. The lowest BCUT2D eigenvalue weighted by Gasteiger charge is -2.12. The highest BCUT2D eigenvalue weighted by atomic mass is 14.1. The van der Waals surface area contributed by atoms with Gasteiger partial charge in [-0.1, -0.05) is 49.8 Å². The van der Waals surface area contributed by atoms with Gasteiger partial charge in [-0.3, -0.25) is 0 Å². The molecule has 0 bridgehead atoms. The van der Waals surface area contributed by atoms with Gasteiger partial charge in [-0.25, -0.2) is 0 Å². The van der Waals surface area contributed by atoms with E-state index in [2.05, 4.69) is 37.3 Å². The van der Waals surface area contributed by atoms with Crippen molar-refractivity contribution in [1.82, 2.24) is 0 Å². The molecular formula is C15H22. The van der Waals surface area contributed by atoms with Crippen LogP contribution in [0.4, 0.5) is 0 Å².